The Kier molecular flexibility index (Phi) is 5.24. The third-order valence-corrected chi connectivity index (χ3v) is 2.97. The van der Waals surface area contributed by atoms with E-state index < -0.39 is 23.8 Å². The number of benzene rings is 1. The van der Waals surface area contributed by atoms with Crippen LogP contribution in [0.25, 0.3) is 0 Å². The van der Waals surface area contributed by atoms with E-state index in [-0.39, 0.29) is 32.3 Å². The molecule has 1 aromatic carbocycles. The zero-order valence-electron chi connectivity index (χ0n) is 11.8. The number of hydrogen-bond donors (Lipinski definition) is 0. The van der Waals surface area contributed by atoms with Crippen LogP contribution in [-0.2, 0) is 35.4 Å². The van der Waals surface area contributed by atoms with E-state index in [0.29, 0.717) is 5.06 Å². The molecule has 0 unspecified atom stereocenters. The summed E-state index contributed by atoms with van der Waals surface area (Å²) in [6.45, 7) is 0.123. The Labute approximate surface area is 126 Å². The molecule has 0 aromatic heterocycles. The van der Waals surface area contributed by atoms with Crippen LogP contribution in [0.4, 0.5) is 0 Å². The largest absolute Gasteiger partial charge is 0.461 e. The third-order valence-electron chi connectivity index (χ3n) is 2.97. The van der Waals surface area contributed by atoms with Crippen molar-refractivity contribution >= 4 is 23.8 Å². The van der Waals surface area contributed by atoms with Gasteiger partial charge in [0.2, 0.25) is 0 Å². The molecule has 1 aromatic rings. The number of hydrogen-bond acceptors (Lipinski definition) is 6. The quantitative estimate of drug-likeness (QED) is 0.578. The summed E-state index contributed by atoms with van der Waals surface area (Å²) in [6.07, 6.45) is -0.372. The lowest BCUT2D eigenvalue weighted by Crippen LogP contribution is -2.32. The molecule has 116 valence electrons. The maximum atomic E-state index is 11.5. The number of imide groups is 1. The predicted octanol–water partition coefficient (Wildman–Crippen LogP) is 1.12. The van der Waals surface area contributed by atoms with Crippen LogP contribution in [0, 0.1) is 0 Å². The number of hydroxylamine groups is 2. The zero-order chi connectivity index (χ0) is 15.9. The van der Waals surface area contributed by atoms with Crippen LogP contribution >= 0.6 is 0 Å². The lowest BCUT2D eigenvalue weighted by Gasteiger charge is -2.12. The molecule has 0 radical (unpaired) electrons. The van der Waals surface area contributed by atoms with Gasteiger partial charge in [-0.25, -0.2) is 4.79 Å². The molecule has 1 heterocycles. The molecule has 0 saturated carbocycles. The minimum atomic E-state index is -0.819. The molecule has 0 aliphatic carbocycles. The lowest BCUT2D eigenvalue weighted by atomic mass is 10.2. The summed E-state index contributed by atoms with van der Waals surface area (Å²) in [4.78, 5) is 50.1. The van der Waals surface area contributed by atoms with Crippen molar-refractivity contribution < 1.29 is 28.8 Å². The maximum Gasteiger partial charge on any atom is 0.333 e. The first-order valence-corrected chi connectivity index (χ1v) is 6.82. The van der Waals surface area contributed by atoms with Gasteiger partial charge < -0.3 is 9.57 Å². The molecule has 0 spiro atoms. The first-order valence-electron chi connectivity index (χ1n) is 6.82. The molecule has 0 bridgehead atoms. The lowest BCUT2D eigenvalue weighted by molar-refractivity contribution is -0.197. The number of ether oxygens (including phenoxy) is 1. The van der Waals surface area contributed by atoms with Crippen molar-refractivity contribution in [3.05, 3.63) is 35.9 Å². The molecule has 7 heteroatoms. The number of carbonyl (C=O) groups excluding carboxylic acids is 4. The summed E-state index contributed by atoms with van der Waals surface area (Å²) in [5, 5.41) is 0.456. The average molecular weight is 305 g/mol. The van der Waals surface area contributed by atoms with Crippen molar-refractivity contribution in [2.45, 2.75) is 32.3 Å². The molecule has 1 fully saturated rings. The standard InChI is InChI=1S/C15H15NO6/c17-12-6-7-13(18)16(12)22-15(20)9-8-14(19)21-10-11-4-2-1-3-5-11/h1-5H,6-10H2. The predicted molar refractivity (Wildman–Crippen MR) is 72.7 cm³/mol. The summed E-state index contributed by atoms with van der Waals surface area (Å²) < 4.78 is 5.00. The van der Waals surface area contributed by atoms with E-state index in [4.69, 9.17) is 4.74 Å². The monoisotopic (exact) mass is 305 g/mol. The summed E-state index contributed by atoms with van der Waals surface area (Å²) in [5.74, 6) is -2.48. The second kappa shape index (κ2) is 7.35. The van der Waals surface area contributed by atoms with Crippen molar-refractivity contribution in [3.8, 4) is 0 Å². The first kappa shape index (κ1) is 15.7. The Hall–Kier alpha value is -2.70. The minimum Gasteiger partial charge on any atom is -0.461 e. The van der Waals surface area contributed by atoms with Crippen molar-refractivity contribution in [2.24, 2.45) is 0 Å². The molecule has 0 atom stereocenters. The summed E-state index contributed by atoms with van der Waals surface area (Å²) in [6, 6.07) is 9.12. The second-order valence-corrected chi connectivity index (χ2v) is 4.69. The maximum absolute atomic E-state index is 11.5. The Bertz CT molecular complexity index is 567. The molecular formula is C15H15NO6. The molecule has 7 nitrogen and oxygen atoms in total. The summed E-state index contributed by atoms with van der Waals surface area (Å²) in [5.41, 5.74) is 0.840. The number of rotatable bonds is 6. The highest BCUT2D eigenvalue weighted by atomic mass is 16.7. The van der Waals surface area contributed by atoms with Crippen molar-refractivity contribution in [1.82, 2.24) is 5.06 Å². The van der Waals surface area contributed by atoms with Gasteiger partial charge in [0, 0.05) is 12.8 Å². The fraction of sp³-hybridized carbons (Fsp3) is 0.333. The Morgan fingerprint density at radius 1 is 0.955 bits per heavy atom. The summed E-state index contributed by atoms with van der Waals surface area (Å²) in [7, 11) is 0. The van der Waals surface area contributed by atoms with Crippen LogP contribution in [0.3, 0.4) is 0 Å². The summed E-state index contributed by atoms with van der Waals surface area (Å²) >= 11 is 0. The Balaban J connectivity index is 1.68. The molecule has 22 heavy (non-hydrogen) atoms. The van der Waals surface area contributed by atoms with Crippen molar-refractivity contribution in [2.75, 3.05) is 0 Å². The fourth-order valence-electron chi connectivity index (χ4n) is 1.82. The highest BCUT2D eigenvalue weighted by Crippen LogP contribution is 2.13. The second-order valence-electron chi connectivity index (χ2n) is 4.69. The fourth-order valence-corrected chi connectivity index (χ4v) is 1.82. The molecule has 2 rings (SSSR count). The topological polar surface area (TPSA) is 90.0 Å². The molecule has 1 aliphatic heterocycles. The van der Waals surface area contributed by atoms with Gasteiger partial charge in [-0.3, -0.25) is 14.4 Å². The SMILES string of the molecule is O=C(CCC(=O)ON1C(=O)CCC1=O)OCc1ccccc1. The van der Waals surface area contributed by atoms with E-state index in [1.165, 1.54) is 0 Å². The molecule has 0 N–H and O–H groups in total. The van der Waals surface area contributed by atoms with Gasteiger partial charge in [0.15, 0.2) is 0 Å². The van der Waals surface area contributed by atoms with Crippen LogP contribution in [0.5, 0.6) is 0 Å². The van der Waals surface area contributed by atoms with E-state index in [1.54, 1.807) is 0 Å². The molecule has 1 aliphatic rings. The van der Waals surface area contributed by atoms with E-state index >= 15 is 0 Å². The van der Waals surface area contributed by atoms with E-state index in [0.717, 1.165) is 5.56 Å². The van der Waals surface area contributed by atoms with Gasteiger partial charge in [0.25, 0.3) is 11.8 Å². The number of carbonyl (C=O) groups is 4. The van der Waals surface area contributed by atoms with Gasteiger partial charge >= 0.3 is 11.9 Å². The molecular weight excluding hydrogens is 290 g/mol. The van der Waals surface area contributed by atoms with E-state index in [1.807, 2.05) is 30.3 Å². The highest BCUT2D eigenvalue weighted by molar-refractivity contribution is 6.01. The van der Waals surface area contributed by atoms with E-state index in [2.05, 4.69) is 4.84 Å². The van der Waals surface area contributed by atoms with Crippen molar-refractivity contribution in [3.63, 3.8) is 0 Å². The Morgan fingerprint density at radius 2 is 1.55 bits per heavy atom. The average Bonchev–Trinajstić information content (AvgIpc) is 2.84. The number of esters is 1. The third kappa shape index (κ3) is 4.41. The Morgan fingerprint density at radius 3 is 2.18 bits per heavy atom. The zero-order valence-corrected chi connectivity index (χ0v) is 11.8. The first-order chi connectivity index (χ1) is 10.6. The van der Waals surface area contributed by atoms with Crippen molar-refractivity contribution in [1.29, 1.82) is 0 Å². The minimum absolute atomic E-state index is 0.0330. The van der Waals surface area contributed by atoms with Gasteiger partial charge in [-0.15, -0.1) is 5.06 Å². The van der Waals surface area contributed by atoms with Gasteiger partial charge in [0.05, 0.1) is 12.8 Å². The number of nitrogens with zero attached hydrogens (tertiary/aromatic N) is 1. The van der Waals surface area contributed by atoms with Crippen LogP contribution in [0.2, 0.25) is 0 Å². The molecule has 2 amide bonds. The smallest absolute Gasteiger partial charge is 0.333 e. The van der Waals surface area contributed by atoms with Gasteiger partial charge in [0.1, 0.15) is 6.61 Å². The van der Waals surface area contributed by atoms with Crippen LogP contribution < -0.4 is 0 Å². The van der Waals surface area contributed by atoms with Gasteiger partial charge in [-0.1, -0.05) is 30.3 Å². The van der Waals surface area contributed by atoms with E-state index in [9.17, 15) is 19.2 Å². The van der Waals surface area contributed by atoms with Gasteiger partial charge in [-0.05, 0) is 5.56 Å². The van der Waals surface area contributed by atoms with Crippen LogP contribution in [-0.4, -0.2) is 28.8 Å². The van der Waals surface area contributed by atoms with Crippen LogP contribution in [0.1, 0.15) is 31.2 Å². The highest BCUT2D eigenvalue weighted by Gasteiger charge is 2.32. The van der Waals surface area contributed by atoms with Gasteiger partial charge in [-0.2, -0.15) is 0 Å². The number of amides is 2. The molecule has 1 saturated heterocycles. The van der Waals surface area contributed by atoms with Crippen LogP contribution in [0.15, 0.2) is 30.3 Å². The normalized spacial score (nSPS) is 14.1.